The molecule has 0 saturated heterocycles. The maximum absolute atomic E-state index is 11.8. The molecule has 0 fully saturated rings. The molecule has 1 aromatic rings. The number of nitrogens with two attached hydrogens (primary N) is 1. The van der Waals surface area contributed by atoms with E-state index in [0.29, 0.717) is 0 Å². The number of alkyl halides is 3. The van der Waals surface area contributed by atoms with E-state index in [2.05, 4.69) is 10.3 Å². The van der Waals surface area contributed by atoms with Gasteiger partial charge >= 0.3 is 6.18 Å². The van der Waals surface area contributed by atoms with Gasteiger partial charge in [0, 0.05) is 13.0 Å². The number of nitrogen functional groups attached to an aromatic ring is 1. The van der Waals surface area contributed by atoms with E-state index in [4.69, 9.17) is 10.6 Å². The molecule has 7 nitrogen and oxygen atoms in total. The van der Waals surface area contributed by atoms with Crippen molar-refractivity contribution >= 4 is 5.91 Å². The summed E-state index contributed by atoms with van der Waals surface area (Å²) in [7, 11) is 0. The van der Waals surface area contributed by atoms with E-state index in [1.807, 2.05) is 5.43 Å². The minimum absolute atomic E-state index is 0.0182. The van der Waals surface area contributed by atoms with Crippen molar-refractivity contribution in [1.82, 2.24) is 20.4 Å². The molecule has 1 heterocycles. The first-order valence-corrected chi connectivity index (χ1v) is 5.48. The van der Waals surface area contributed by atoms with E-state index in [-0.39, 0.29) is 31.9 Å². The Bertz CT molecular complexity index is 407. The number of hydrazine groups is 1. The van der Waals surface area contributed by atoms with Crippen LogP contribution in [0.15, 0.2) is 6.20 Å². The molecule has 0 spiro atoms. The lowest BCUT2D eigenvalue weighted by Gasteiger charge is -2.06. The minimum Gasteiger partial charge on any atom is -0.380 e. The molecule has 108 valence electrons. The number of hydrogen-bond donors (Lipinski definition) is 2. The molecule has 0 saturated carbocycles. The summed E-state index contributed by atoms with van der Waals surface area (Å²) < 4.78 is 41.8. The van der Waals surface area contributed by atoms with E-state index in [1.54, 1.807) is 0 Å². The number of halogens is 3. The Balaban J connectivity index is 2.16. The van der Waals surface area contributed by atoms with Gasteiger partial charge in [-0.1, -0.05) is 5.21 Å². The van der Waals surface area contributed by atoms with Gasteiger partial charge in [0.25, 0.3) is 5.91 Å². The third-order valence-electron chi connectivity index (χ3n) is 2.12. The Morgan fingerprint density at radius 2 is 2.21 bits per heavy atom. The smallest absolute Gasteiger partial charge is 0.380 e. The van der Waals surface area contributed by atoms with Crippen LogP contribution < -0.4 is 11.3 Å². The maximum Gasteiger partial charge on any atom is 0.389 e. The van der Waals surface area contributed by atoms with Gasteiger partial charge in [0.1, 0.15) is 0 Å². The standard InChI is InChI=1S/C9H14F3N5O2/c10-9(11,12)2-1-4-19-5-3-17-6-7(15-16-17)8(18)14-13/h6H,1-5,13H2,(H,14,18). The van der Waals surface area contributed by atoms with Crippen molar-refractivity contribution in [3.63, 3.8) is 0 Å². The number of amides is 1. The van der Waals surface area contributed by atoms with Gasteiger partial charge in [0.2, 0.25) is 0 Å². The first-order valence-electron chi connectivity index (χ1n) is 5.48. The van der Waals surface area contributed by atoms with Gasteiger partial charge in [-0.15, -0.1) is 5.10 Å². The first-order chi connectivity index (χ1) is 8.92. The summed E-state index contributed by atoms with van der Waals surface area (Å²) in [6, 6.07) is 0. The predicted octanol–water partition coefficient (Wildman–Crippen LogP) is 0.241. The van der Waals surface area contributed by atoms with E-state index in [0.717, 1.165) is 0 Å². The first kappa shape index (κ1) is 15.4. The largest absolute Gasteiger partial charge is 0.389 e. The van der Waals surface area contributed by atoms with Crippen LogP contribution in [0.3, 0.4) is 0 Å². The van der Waals surface area contributed by atoms with Crippen LogP contribution in [-0.4, -0.2) is 40.3 Å². The second kappa shape index (κ2) is 7.04. The van der Waals surface area contributed by atoms with Crippen molar-refractivity contribution in [2.75, 3.05) is 13.2 Å². The van der Waals surface area contributed by atoms with Gasteiger partial charge in [-0.05, 0) is 6.42 Å². The van der Waals surface area contributed by atoms with Crippen molar-refractivity contribution in [3.05, 3.63) is 11.9 Å². The molecule has 1 aromatic heterocycles. The number of nitrogens with one attached hydrogen (secondary N) is 1. The molecule has 0 atom stereocenters. The molecule has 0 aliphatic heterocycles. The van der Waals surface area contributed by atoms with Crippen molar-refractivity contribution in [2.45, 2.75) is 25.6 Å². The Morgan fingerprint density at radius 1 is 1.47 bits per heavy atom. The molecule has 0 aromatic carbocycles. The third kappa shape index (κ3) is 6.15. The zero-order valence-electron chi connectivity index (χ0n) is 9.98. The van der Waals surface area contributed by atoms with Crippen LogP contribution in [0.2, 0.25) is 0 Å². The second-order valence-corrected chi connectivity index (χ2v) is 3.67. The highest BCUT2D eigenvalue weighted by Crippen LogP contribution is 2.20. The van der Waals surface area contributed by atoms with E-state index in [1.165, 1.54) is 10.9 Å². The van der Waals surface area contributed by atoms with E-state index < -0.39 is 18.5 Å². The second-order valence-electron chi connectivity index (χ2n) is 3.67. The van der Waals surface area contributed by atoms with Crippen molar-refractivity contribution in [2.24, 2.45) is 5.84 Å². The fourth-order valence-electron chi connectivity index (χ4n) is 1.22. The molecule has 0 bridgehead atoms. The molecule has 10 heteroatoms. The number of hydrogen-bond acceptors (Lipinski definition) is 5. The summed E-state index contributed by atoms with van der Waals surface area (Å²) in [6.07, 6.45) is -3.74. The fraction of sp³-hybridized carbons (Fsp3) is 0.667. The van der Waals surface area contributed by atoms with Crippen LogP contribution in [-0.2, 0) is 11.3 Å². The lowest BCUT2D eigenvalue weighted by Crippen LogP contribution is -2.30. The Kier molecular flexibility index (Phi) is 5.70. The lowest BCUT2D eigenvalue weighted by atomic mass is 10.3. The normalized spacial score (nSPS) is 11.6. The van der Waals surface area contributed by atoms with Gasteiger partial charge in [0.05, 0.1) is 19.3 Å². The van der Waals surface area contributed by atoms with Crippen LogP contribution in [0.5, 0.6) is 0 Å². The monoisotopic (exact) mass is 281 g/mol. The average molecular weight is 281 g/mol. The summed E-state index contributed by atoms with van der Waals surface area (Å²) in [5.41, 5.74) is 1.96. The van der Waals surface area contributed by atoms with Gasteiger partial charge in [-0.2, -0.15) is 13.2 Å². The van der Waals surface area contributed by atoms with Crippen molar-refractivity contribution in [1.29, 1.82) is 0 Å². The van der Waals surface area contributed by atoms with Crippen LogP contribution in [0.25, 0.3) is 0 Å². The van der Waals surface area contributed by atoms with Crippen molar-refractivity contribution < 1.29 is 22.7 Å². The van der Waals surface area contributed by atoms with E-state index >= 15 is 0 Å². The SMILES string of the molecule is NNC(=O)c1cn(CCOCCCC(F)(F)F)nn1. The minimum atomic E-state index is -4.15. The molecule has 19 heavy (non-hydrogen) atoms. The molecule has 1 rings (SSSR count). The van der Waals surface area contributed by atoms with Crippen LogP contribution in [0.1, 0.15) is 23.3 Å². The van der Waals surface area contributed by atoms with Gasteiger partial charge in [-0.3, -0.25) is 10.2 Å². The van der Waals surface area contributed by atoms with Gasteiger partial charge < -0.3 is 4.74 Å². The highest BCUT2D eigenvalue weighted by molar-refractivity contribution is 5.91. The number of carbonyl (C=O) groups is 1. The summed E-state index contributed by atoms with van der Waals surface area (Å²) in [5.74, 6) is 4.34. The summed E-state index contributed by atoms with van der Waals surface area (Å²) in [4.78, 5) is 11.0. The Labute approximate surface area is 106 Å². The van der Waals surface area contributed by atoms with E-state index in [9.17, 15) is 18.0 Å². The van der Waals surface area contributed by atoms with Crippen LogP contribution >= 0.6 is 0 Å². The third-order valence-corrected chi connectivity index (χ3v) is 2.12. The predicted molar refractivity (Wildman–Crippen MR) is 57.8 cm³/mol. The molecule has 0 radical (unpaired) electrons. The van der Waals surface area contributed by atoms with Crippen LogP contribution in [0, 0.1) is 0 Å². The number of carbonyl (C=O) groups excluding carboxylic acids is 1. The molecule has 3 N–H and O–H groups in total. The maximum atomic E-state index is 11.8. The number of aromatic nitrogens is 3. The fourth-order valence-corrected chi connectivity index (χ4v) is 1.22. The number of ether oxygens (including phenoxy) is 1. The number of nitrogens with zero attached hydrogens (tertiary/aromatic N) is 3. The molecule has 0 aliphatic rings. The lowest BCUT2D eigenvalue weighted by molar-refractivity contribution is -0.137. The molecule has 0 unspecified atom stereocenters. The summed E-state index contributed by atoms with van der Waals surface area (Å²) in [5, 5.41) is 7.18. The quantitative estimate of drug-likeness (QED) is 0.323. The highest BCUT2D eigenvalue weighted by Gasteiger charge is 2.25. The van der Waals surface area contributed by atoms with Gasteiger partial charge in [-0.25, -0.2) is 10.5 Å². The molecule has 0 aliphatic carbocycles. The number of rotatable bonds is 7. The highest BCUT2D eigenvalue weighted by atomic mass is 19.4. The molecule has 1 amide bonds. The Morgan fingerprint density at radius 3 is 2.84 bits per heavy atom. The average Bonchev–Trinajstić information content (AvgIpc) is 2.80. The Hall–Kier alpha value is -1.68. The van der Waals surface area contributed by atoms with Gasteiger partial charge in [0.15, 0.2) is 5.69 Å². The summed E-state index contributed by atoms with van der Waals surface area (Å²) >= 11 is 0. The molecular weight excluding hydrogens is 267 g/mol. The summed E-state index contributed by atoms with van der Waals surface area (Å²) in [6.45, 7) is 0.492. The molecular formula is C9H14F3N5O2. The van der Waals surface area contributed by atoms with Crippen molar-refractivity contribution in [3.8, 4) is 0 Å². The topological polar surface area (TPSA) is 95.1 Å². The van der Waals surface area contributed by atoms with Crippen LogP contribution in [0.4, 0.5) is 13.2 Å². The zero-order chi connectivity index (χ0) is 14.3. The zero-order valence-corrected chi connectivity index (χ0v) is 9.98.